The van der Waals surface area contributed by atoms with Crippen LogP contribution < -0.4 is 19.8 Å². The number of aryl methyl sites for hydroxylation is 1. The summed E-state index contributed by atoms with van der Waals surface area (Å²) in [6, 6.07) is 15.2. The van der Waals surface area contributed by atoms with Gasteiger partial charge in [-0.15, -0.1) is 0 Å². The van der Waals surface area contributed by atoms with Crippen molar-refractivity contribution in [3.05, 3.63) is 106 Å². The van der Waals surface area contributed by atoms with Crippen LogP contribution >= 0.6 is 0 Å². The highest BCUT2D eigenvalue weighted by molar-refractivity contribution is 6.10. The van der Waals surface area contributed by atoms with Crippen LogP contribution in [0.1, 0.15) is 40.2 Å². The van der Waals surface area contributed by atoms with Crippen molar-refractivity contribution in [2.75, 3.05) is 18.1 Å². The number of carbonyl (C=O) groups is 1. The fraction of sp³-hybridized carbons (Fsp3) is 0.179. The molecule has 0 spiro atoms. The molecule has 35 heavy (non-hydrogen) atoms. The van der Waals surface area contributed by atoms with Crippen molar-refractivity contribution in [3.63, 3.8) is 0 Å². The number of nitrogens with zero attached hydrogens (tertiary/aromatic N) is 2. The topological polar surface area (TPSA) is 81.9 Å². The summed E-state index contributed by atoms with van der Waals surface area (Å²) < 4.78 is 17.6. The third-order valence-corrected chi connectivity index (χ3v) is 5.87. The molecule has 2 aromatic heterocycles. The summed E-state index contributed by atoms with van der Waals surface area (Å²) in [6.07, 6.45) is 3.29. The van der Waals surface area contributed by atoms with Gasteiger partial charge in [-0.25, -0.2) is 4.98 Å². The van der Waals surface area contributed by atoms with E-state index in [1.807, 2.05) is 32.0 Å². The van der Waals surface area contributed by atoms with Crippen LogP contribution in [0.15, 0.2) is 82.7 Å². The third-order valence-electron chi connectivity index (χ3n) is 5.87. The van der Waals surface area contributed by atoms with Gasteiger partial charge in [0.15, 0.2) is 16.9 Å². The van der Waals surface area contributed by atoms with E-state index < -0.39 is 11.9 Å². The van der Waals surface area contributed by atoms with Gasteiger partial charge in [0.25, 0.3) is 5.91 Å². The van der Waals surface area contributed by atoms with Crippen LogP contribution in [0.2, 0.25) is 0 Å². The number of ether oxygens (including phenoxy) is 2. The van der Waals surface area contributed by atoms with Crippen LogP contribution in [0.25, 0.3) is 11.0 Å². The first-order valence-electron chi connectivity index (χ1n) is 11.4. The second-order valence-electron chi connectivity index (χ2n) is 8.18. The number of hydrogen-bond acceptors (Lipinski definition) is 6. The quantitative estimate of drug-likeness (QED) is 0.346. The molecule has 0 saturated heterocycles. The Morgan fingerprint density at radius 2 is 1.91 bits per heavy atom. The summed E-state index contributed by atoms with van der Waals surface area (Å²) in [7, 11) is 0. The fourth-order valence-electron chi connectivity index (χ4n) is 4.35. The Labute approximate surface area is 202 Å². The molecular weight excluding hydrogens is 444 g/mol. The number of aromatic nitrogens is 1. The second-order valence-corrected chi connectivity index (χ2v) is 8.18. The molecule has 0 bridgehead atoms. The molecule has 4 aromatic rings. The number of fused-ring (bicyclic) bond motifs is 2. The van der Waals surface area contributed by atoms with Gasteiger partial charge in [0.2, 0.25) is 5.76 Å². The van der Waals surface area contributed by atoms with Crippen molar-refractivity contribution in [1.82, 2.24) is 4.98 Å². The molecule has 0 fully saturated rings. The highest BCUT2D eigenvalue weighted by Gasteiger charge is 2.44. The molecule has 0 aliphatic carbocycles. The van der Waals surface area contributed by atoms with Gasteiger partial charge in [-0.05, 0) is 61.4 Å². The van der Waals surface area contributed by atoms with Gasteiger partial charge in [0.05, 0.1) is 23.6 Å². The molecule has 0 radical (unpaired) electrons. The van der Waals surface area contributed by atoms with E-state index in [0.717, 1.165) is 5.56 Å². The minimum atomic E-state index is -0.750. The van der Waals surface area contributed by atoms with E-state index in [1.54, 1.807) is 48.7 Å². The lowest BCUT2D eigenvalue weighted by atomic mass is 9.98. The lowest BCUT2D eigenvalue weighted by Crippen LogP contribution is -2.30. The van der Waals surface area contributed by atoms with Gasteiger partial charge in [-0.1, -0.05) is 30.9 Å². The van der Waals surface area contributed by atoms with Crippen LogP contribution in [-0.4, -0.2) is 24.1 Å². The summed E-state index contributed by atoms with van der Waals surface area (Å²) in [5.41, 5.74) is 2.01. The van der Waals surface area contributed by atoms with Crippen LogP contribution in [0.4, 0.5) is 5.82 Å². The summed E-state index contributed by atoms with van der Waals surface area (Å²) in [5.74, 6) is 1.09. The van der Waals surface area contributed by atoms with Crippen molar-refractivity contribution >= 4 is 22.7 Å². The molecule has 2 aromatic carbocycles. The minimum Gasteiger partial charge on any atom is -0.490 e. The molecule has 7 nitrogen and oxygen atoms in total. The van der Waals surface area contributed by atoms with Crippen molar-refractivity contribution in [3.8, 4) is 11.5 Å². The van der Waals surface area contributed by atoms with E-state index in [1.165, 1.54) is 4.90 Å². The van der Waals surface area contributed by atoms with Crippen molar-refractivity contribution < 1.29 is 18.7 Å². The highest BCUT2D eigenvalue weighted by atomic mass is 16.5. The molecule has 0 N–H and O–H groups in total. The minimum absolute atomic E-state index is 0.0203. The van der Waals surface area contributed by atoms with E-state index in [-0.39, 0.29) is 16.8 Å². The molecule has 1 atom stereocenters. The number of carbonyl (C=O) groups excluding carboxylic acids is 1. The summed E-state index contributed by atoms with van der Waals surface area (Å²) in [4.78, 5) is 33.3. The number of para-hydroxylation sites is 1. The van der Waals surface area contributed by atoms with Gasteiger partial charge < -0.3 is 13.9 Å². The Morgan fingerprint density at radius 3 is 2.69 bits per heavy atom. The Bertz CT molecular complexity index is 1510. The summed E-state index contributed by atoms with van der Waals surface area (Å²) in [6.45, 7) is 8.23. The number of amides is 1. The maximum atomic E-state index is 13.7. The number of hydrogen-bond donors (Lipinski definition) is 0. The van der Waals surface area contributed by atoms with Gasteiger partial charge >= 0.3 is 0 Å². The monoisotopic (exact) mass is 468 g/mol. The Morgan fingerprint density at radius 1 is 1.09 bits per heavy atom. The van der Waals surface area contributed by atoms with Crippen LogP contribution in [0, 0.1) is 6.92 Å². The average molecular weight is 469 g/mol. The molecule has 3 heterocycles. The Balaban J connectivity index is 1.75. The van der Waals surface area contributed by atoms with Gasteiger partial charge in [-0.2, -0.15) is 0 Å². The van der Waals surface area contributed by atoms with E-state index in [2.05, 4.69) is 11.6 Å². The maximum Gasteiger partial charge on any atom is 0.296 e. The van der Waals surface area contributed by atoms with Crippen LogP contribution in [0.3, 0.4) is 0 Å². The second kappa shape index (κ2) is 9.10. The predicted molar refractivity (Wildman–Crippen MR) is 133 cm³/mol. The van der Waals surface area contributed by atoms with Crippen LogP contribution in [0.5, 0.6) is 11.5 Å². The van der Waals surface area contributed by atoms with Crippen molar-refractivity contribution in [2.45, 2.75) is 19.9 Å². The summed E-state index contributed by atoms with van der Waals surface area (Å²) >= 11 is 0. The van der Waals surface area contributed by atoms with E-state index >= 15 is 0 Å². The van der Waals surface area contributed by atoms with Crippen LogP contribution in [-0.2, 0) is 0 Å². The molecule has 1 aliphatic rings. The van der Waals surface area contributed by atoms with Gasteiger partial charge in [0, 0.05) is 6.20 Å². The normalized spacial score (nSPS) is 14.7. The molecule has 5 rings (SSSR count). The molecular formula is C28H24N2O5. The van der Waals surface area contributed by atoms with E-state index in [4.69, 9.17) is 13.9 Å². The number of rotatable bonds is 7. The first-order chi connectivity index (χ1) is 17.0. The molecule has 7 heteroatoms. The Kier molecular flexibility index (Phi) is 5.82. The smallest absolute Gasteiger partial charge is 0.296 e. The highest BCUT2D eigenvalue weighted by Crippen LogP contribution is 2.42. The third kappa shape index (κ3) is 3.85. The van der Waals surface area contributed by atoms with Crippen molar-refractivity contribution in [1.29, 1.82) is 0 Å². The van der Waals surface area contributed by atoms with Gasteiger partial charge in [-0.3, -0.25) is 14.5 Å². The fourth-order valence-corrected chi connectivity index (χ4v) is 4.35. The maximum absolute atomic E-state index is 13.7. The lowest BCUT2D eigenvalue weighted by Gasteiger charge is -2.25. The van der Waals surface area contributed by atoms with Gasteiger partial charge in [0.1, 0.15) is 18.0 Å². The SMILES string of the molecule is C=CCOc1ccc(C2c3c(oc4ccccc4c3=O)C(=O)N2c2cc(C)ccn2)cc1OCC. The zero-order chi connectivity index (χ0) is 24.5. The average Bonchev–Trinajstić information content (AvgIpc) is 3.16. The van der Waals surface area contributed by atoms with E-state index in [0.29, 0.717) is 47.1 Å². The zero-order valence-electron chi connectivity index (χ0n) is 19.5. The number of pyridine rings is 1. The molecule has 1 unspecified atom stereocenters. The molecule has 1 aliphatic heterocycles. The first kappa shape index (κ1) is 22.4. The molecule has 176 valence electrons. The van der Waals surface area contributed by atoms with Crippen molar-refractivity contribution in [2.24, 2.45) is 0 Å². The predicted octanol–water partition coefficient (Wildman–Crippen LogP) is 5.21. The molecule has 1 amide bonds. The number of anilines is 1. The zero-order valence-corrected chi connectivity index (χ0v) is 19.5. The molecule has 0 saturated carbocycles. The van der Waals surface area contributed by atoms with E-state index in [9.17, 15) is 9.59 Å². The first-order valence-corrected chi connectivity index (χ1v) is 11.4. The summed E-state index contributed by atoms with van der Waals surface area (Å²) in [5, 5.41) is 0.416. The Hall–Kier alpha value is -4.39. The number of benzene rings is 2. The largest absolute Gasteiger partial charge is 0.490 e. The lowest BCUT2D eigenvalue weighted by molar-refractivity contribution is 0.0970. The standard InChI is InChI=1S/C28H24N2O5/c1-4-14-34-21-11-10-18(16-22(21)33-5-2)25-24-26(31)19-8-6-7-9-20(19)35-27(24)28(32)30(25)23-15-17(3)12-13-29-23/h4,6-13,15-16,25H,1,5,14H2,2-3H3.